The van der Waals surface area contributed by atoms with Crippen LogP contribution in [0.15, 0.2) is 11.1 Å². The first kappa shape index (κ1) is 14.5. The zero-order chi connectivity index (χ0) is 13.1. The number of halogens is 1. The topological polar surface area (TPSA) is 74.7 Å². The lowest BCUT2D eigenvalue weighted by Crippen LogP contribution is -2.49. The van der Waals surface area contributed by atoms with E-state index in [-0.39, 0.29) is 17.9 Å². The second kappa shape index (κ2) is 5.84. The van der Waals surface area contributed by atoms with E-state index in [0.29, 0.717) is 13.1 Å². The number of nitrogens with zero attached hydrogens (tertiary/aromatic N) is 1. The van der Waals surface area contributed by atoms with Gasteiger partial charge < -0.3 is 5.11 Å². The Kier molecular flexibility index (Phi) is 4.97. The van der Waals surface area contributed by atoms with Gasteiger partial charge in [-0.05, 0) is 12.5 Å². The van der Waals surface area contributed by atoms with Crippen LogP contribution < -0.4 is 0 Å². The summed E-state index contributed by atoms with van der Waals surface area (Å²) in [5.74, 6) is -0.988. The molecule has 1 saturated heterocycles. The van der Waals surface area contributed by atoms with Crippen LogP contribution in [0.25, 0.3) is 0 Å². The van der Waals surface area contributed by atoms with Gasteiger partial charge >= 0.3 is 5.97 Å². The minimum Gasteiger partial charge on any atom is -0.481 e. The molecule has 98 valence electrons. The van der Waals surface area contributed by atoms with Crippen molar-refractivity contribution in [2.45, 2.75) is 19.4 Å². The monoisotopic (exact) mass is 281 g/mol. The van der Waals surface area contributed by atoms with Crippen LogP contribution in [0.5, 0.6) is 0 Å². The van der Waals surface area contributed by atoms with Crippen LogP contribution in [0.3, 0.4) is 0 Å². The fraction of sp³-hybridized carbons (Fsp3) is 0.700. The number of aliphatic carboxylic acids is 1. The van der Waals surface area contributed by atoms with Gasteiger partial charge in [-0.2, -0.15) is 0 Å². The Bertz CT molecular complexity index is 418. The Balaban J connectivity index is 2.77. The molecule has 0 bridgehead atoms. The van der Waals surface area contributed by atoms with Crippen LogP contribution in [0.1, 0.15) is 13.3 Å². The van der Waals surface area contributed by atoms with Gasteiger partial charge in [0.25, 0.3) is 0 Å². The van der Waals surface area contributed by atoms with E-state index >= 15 is 0 Å². The van der Waals surface area contributed by atoms with Crippen molar-refractivity contribution in [2.24, 2.45) is 0 Å². The van der Waals surface area contributed by atoms with E-state index in [0.717, 1.165) is 5.57 Å². The summed E-state index contributed by atoms with van der Waals surface area (Å²) in [6, 6.07) is -0.460. The molecule has 0 aliphatic carbocycles. The molecule has 0 aromatic carbocycles. The summed E-state index contributed by atoms with van der Waals surface area (Å²) in [6.45, 7) is 2.70. The number of hydrogen-bond acceptors (Lipinski definition) is 4. The van der Waals surface area contributed by atoms with Gasteiger partial charge in [0.05, 0.1) is 17.9 Å². The van der Waals surface area contributed by atoms with Crippen LogP contribution in [-0.4, -0.2) is 55.0 Å². The number of sulfone groups is 1. The first-order valence-electron chi connectivity index (χ1n) is 5.26. The minimum absolute atomic E-state index is 0.0820. The molecule has 0 saturated carbocycles. The third kappa shape index (κ3) is 4.65. The highest BCUT2D eigenvalue weighted by Crippen LogP contribution is 2.16. The fourth-order valence-electron chi connectivity index (χ4n) is 1.87. The Labute approximate surface area is 106 Å². The molecule has 17 heavy (non-hydrogen) atoms. The van der Waals surface area contributed by atoms with Crippen molar-refractivity contribution in [1.29, 1.82) is 0 Å². The van der Waals surface area contributed by atoms with E-state index in [1.165, 1.54) is 5.54 Å². The molecule has 0 aromatic rings. The molecule has 0 amide bonds. The van der Waals surface area contributed by atoms with Gasteiger partial charge in [0.2, 0.25) is 0 Å². The SMILES string of the molecule is CC(=CCl)CN1CCS(=O)(=O)CC1CC(=O)O. The molecular weight excluding hydrogens is 266 g/mol. The van der Waals surface area contributed by atoms with Gasteiger partial charge in [0, 0.05) is 24.7 Å². The van der Waals surface area contributed by atoms with Crippen LogP contribution in [-0.2, 0) is 14.6 Å². The molecule has 0 spiro atoms. The van der Waals surface area contributed by atoms with Crippen LogP contribution in [0, 0.1) is 0 Å². The minimum atomic E-state index is -3.11. The van der Waals surface area contributed by atoms with Crippen molar-refractivity contribution in [2.75, 3.05) is 24.6 Å². The second-order valence-electron chi connectivity index (χ2n) is 4.29. The molecule has 1 aliphatic rings. The quantitative estimate of drug-likeness (QED) is 0.821. The average molecular weight is 282 g/mol. The highest BCUT2D eigenvalue weighted by molar-refractivity contribution is 7.91. The highest BCUT2D eigenvalue weighted by atomic mass is 35.5. The molecule has 1 fully saturated rings. The first-order valence-corrected chi connectivity index (χ1v) is 7.52. The Morgan fingerprint density at radius 3 is 2.76 bits per heavy atom. The van der Waals surface area contributed by atoms with Crippen LogP contribution >= 0.6 is 11.6 Å². The lowest BCUT2D eigenvalue weighted by Gasteiger charge is -2.34. The highest BCUT2D eigenvalue weighted by Gasteiger charge is 2.32. The van der Waals surface area contributed by atoms with Crippen molar-refractivity contribution in [3.05, 3.63) is 11.1 Å². The largest absolute Gasteiger partial charge is 0.481 e. The Morgan fingerprint density at radius 2 is 2.24 bits per heavy atom. The number of hydrogen-bond donors (Lipinski definition) is 1. The summed E-state index contributed by atoms with van der Waals surface area (Å²) in [4.78, 5) is 12.6. The van der Waals surface area contributed by atoms with Gasteiger partial charge in [0.1, 0.15) is 0 Å². The van der Waals surface area contributed by atoms with Crippen molar-refractivity contribution in [1.82, 2.24) is 4.90 Å². The summed E-state index contributed by atoms with van der Waals surface area (Å²) in [7, 11) is -3.11. The smallest absolute Gasteiger partial charge is 0.304 e. The molecule has 1 unspecified atom stereocenters. The lowest BCUT2D eigenvalue weighted by atomic mass is 10.1. The third-order valence-electron chi connectivity index (χ3n) is 2.70. The van der Waals surface area contributed by atoms with E-state index in [4.69, 9.17) is 16.7 Å². The molecule has 1 rings (SSSR count). The van der Waals surface area contributed by atoms with Gasteiger partial charge in [0.15, 0.2) is 9.84 Å². The summed E-state index contributed by atoms with van der Waals surface area (Å²) in [6.07, 6.45) is -0.158. The Hall–Kier alpha value is -0.590. The maximum absolute atomic E-state index is 11.5. The zero-order valence-corrected chi connectivity index (χ0v) is 11.2. The average Bonchev–Trinajstić information content (AvgIpc) is 2.20. The van der Waals surface area contributed by atoms with E-state index < -0.39 is 21.8 Å². The van der Waals surface area contributed by atoms with Crippen molar-refractivity contribution >= 4 is 27.4 Å². The van der Waals surface area contributed by atoms with Gasteiger partial charge in [-0.25, -0.2) is 8.42 Å². The van der Waals surface area contributed by atoms with E-state index in [1.807, 2.05) is 11.8 Å². The molecule has 5 nitrogen and oxygen atoms in total. The summed E-state index contributed by atoms with van der Waals surface area (Å²) in [5.41, 5.74) is 2.32. The maximum Gasteiger partial charge on any atom is 0.304 e. The standard InChI is InChI=1S/C10H16ClNO4S/c1-8(5-11)6-12-2-3-17(15,16)7-9(12)4-10(13)14/h5,9H,2-4,6-7H2,1H3,(H,13,14). The first-order chi connectivity index (χ1) is 7.84. The van der Waals surface area contributed by atoms with E-state index in [2.05, 4.69) is 0 Å². The molecule has 1 heterocycles. The normalized spacial score (nSPS) is 25.8. The predicted octanol–water partition coefficient (Wildman–Crippen LogP) is 0.703. The molecule has 1 aliphatic heterocycles. The number of rotatable bonds is 4. The number of carboxylic acids is 1. The molecule has 1 atom stereocenters. The molecule has 7 heteroatoms. The van der Waals surface area contributed by atoms with Crippen LogP contribution in [0.4, 0.5) is 0 Å². The molecule has 0 aromatic heterocycles. The summed E-state index contributed by atoms with van der Waals surface area (Å²) < 4.78 is 23.0. The number of carboxylic acid groups (broad SMARTS) is 1. The summed E-state index contributed by atoms with van der Waals surface area (Å²) in [5, 5.41) is 8.78. The molecular formula is C10H16ClNO4S. The molecule has 1 N–H and O–H groups in total. The zero-order valence-electron chi connectivity index (χ0n) is 9.60. The Morgan fingerprint density at radius 1 is 1.59 bits per heavy atom. The maximum atomic E-state index is 11.5. The van der Waals surface area contributed by atoms with Gasteiger partial charge in [-0.3, -0.25) is 9.69 Å². The fourth-order valence-corrected chi connectivity index (χ4v) is 3.54. The van der Waals surface area contributed by atoms with Gasteiger partial charge in [-0.15, -0.1) is 0 Å². The molecule has 0 radical (unpaired) electrons. The third-order valence-corrected chi connectivity index (χ3v) is 4.77. The van der Waals surface area contributed by atoms with E-state index in [9.17, 15) is 13.2 Å². The second-order valence-corrected chi connectivity index (χ2v) is 6.74. The van der Waals surface area contributed by atoms with Crippen LogP contribution in [0.2, 0.25) is 0 Å². The summed E-state index contributed by atoms with van der Waals surface area (Å²) >= 11 is 5.56. The van der Waals surface area contributed by atoms with Crippen molar-refractivity contribution in [3.63, 3.8) is 0 Å². The van der Waals surface area contributed by atoms with Crippen molar-refractivity contribution < 1.29 is 18.3 Å². The predicted molar refractivity (Wildman–Crippen MR) is 65.9 cm³/mol. The number of carbonyl (C=O) groups is 1. The van der Waals surface area contributed by atoms with E-state index in [1.54, 1.807) is 0 Å². The lowest BCUT2D eigenvalue weighted by molar-refractivity contribution is -0.138. The van der Waals surface area contributed by atoms with Gasteiger partial charge in [-0.1, -0.05) is 11.6 Å². The van der Waals surface area contributed by atoms with Crippen molar-refractivity contribution in [3.8, 4) is 0 Å².